The van der Waals surface area contributed by atoms with E-state index in [1.165, 1.54) is 13.0 Å². The fraction of sp³-hybridized carbons (Fsp3) is 0.294. The highest BCUT2D eigenvalue weighted by atomic mass is 16.5. The van der Waals surface area contributed by atoms with Gasteiger partial charge in [0.15, 0.2) is 6.10 Å². The summed E-state index contributed by atoms with van der Waals surface area (Å²) >= 11 is 0. The third-order valence-corrected chi connectivity index (χ3v) is 3.18. The van der Waals surface area contributed by atoms with Crippen LogP contribution >= 0.6 is 0 Å². The molecular weight excluding hydrogens is 324 g/mol. The number of amides is 3. The first-order valence-electron chi connectivity index (χ1n) is 7.80. The molecule has 0 saturated heterocycles. The van der Waals surface area contributed by atoms with Gasteiger partial charge in [-0.25, -0.2) is 9.59 Å². The molecule has 0 aliphatic carbocycles. The number of aromatic nitrogens is 2. The third-order valence-electron chi connectivity index (χ3n) is 3.18. The zero-order valence-corrected chi connectivity index (χ0v) is 14.2. The van der Waals surface area contributed by atoms with E-state index in [0.29, 0.717) is 5.69 Å². The van der Waals surface area contributed by atoms with Gasteiger partial charge in [-0.3, -0.25) is 15.2 Å². The van der Waals surface area contributed by atoms with E-state index in [1.54, 1.807) is 13.8 Å². The standard InChI is InChI=1S/C17H20N4O4/c1-10(2)18-17(24)19-15(22)11(3)25-16(23)14-9-13(20-21-14)12-7-5-4-6-8-12/h4-11H,1-3H3,(H,20,21)(H2,18,19,22,24)/t11-/m0/s1. The molecule has 2 rings (SSSR count). The number of hydrogen-bond donors (Lipinski definition) is 3. The van der Waals surface area contributed by atoms with E-state index in [1.807, 2.05) is 30.3 Å². The highest BCUT2D eigenvalue weighted by Crippen LogP contribution is 2.17. The molecule has 0 aliphatic rings. The molecule has 25 heavy (non-hydrogen) atoms. The van der Waals surface area contributed by atoms with Crippen LogP contribution in [-0.2, 0) is 9.53 Å². The van der Waals surface area contributed by atoms with Crippen LogP contribution in [0.1, 0.15) is 31.3 Å². The van der Waals surface area contributed by atoms with Gasteiger partial charge in [0, 0.05) is 11.6 Å². The number of carbonyl (C=O) groups excluding carboxylic acids is 3. The summed E-state index contributed by atoms with van der Waals surface area (Å²) in [5.74, 6) is -1.45. The van der Waals surface area contributed by atoms with Gasteiger partial charge >= 0.3 is 12.0 Å². The molecule has 8 nitrogen and oxygen atoms in total. The minimum atomic E-state index is -1.13. The van der Waals surface area contributed by atoms with Crippen molar-refractivity contribution in [2.75, 3.05) is 0 Å². The molecule has 3 amide bonds. The lowest BCUT2D eigenvalue weighted by Gasteiger charge is -2.13. The van der Waals surface area contributed by atoms with Gasteiger partial charge in [-0.05, 0) is 26.8 Å². The highest BCUT2D eigenvalue weighted by Gasteiger charge is 2.22. The maximum atomic E-state index is 12.1. The van der Waals surface area contributed by atoms with Crippen molar-refractivity contribution in [3.63, 3.8) is 0 Å². The number of nitrogens with one attached hydrogen (secondary N) is 3. The van der Waals surface area contributed by atoms with Crippen molar-refractivity contribution in [2.45, 2.75) is 32.9 Å². The second kappa shape index (κ2) is 8.09. The summed E-state index contributed by atoms with van der Waals surface area (Å²) in [6, 6.07) is 10.1. The lowest BCUT2D eigenvalue weighted by Crippen LogP contribution is -2.46. The SMILES string of the molecule is CC(C)NC(=O)NC(=O)[C@H](C)OC(=O)c1cc(-c2ccccc2)n[nH]1. The number of carbonyl (C=O) groups is 3. The predicted molar refractivity (Wildman–Crippen MR) is 90.7 cm³/mol. The van der Waals surface area contributed by atoms with Crippen LogP contribution in [0.25, 0.3) is 11.3 Å². The lowest BCUT2D eigenvalue weighted by molar-refractivity contribution is -0.127. The van der Waals surface area contributed by atoms with Gasteiger partial charge in [-0.2, -0.15) is 5.10 Å². The lowest BCUT2D eigenvalue weighted by atomic mass is 10.1. The smallest absolute Gasteiger partial charge is 0.357 e. The van der Waals surface area contributed by atoms with Crippen LogP contribution in [0.2, 0.25) is 0 Å². The Labute approximate surface area is 145 Å². The summed E-state index contributed by atoms with van der Waals surface area (Å²) in [7, 11) is 0. The average molecular weight is 344 g/mol. The maximum absolute atomic E-state index is 12.1. The minimum Gasteiger partial charge on any atom is -0.448 e. The van der Waals surface area contributed by atoms with Crippen LogP contribution < -0.4 is 10.6 Å². The van der Waals surface area contributed by atoms with E-state index < -0.39 is 24.0 Å². The normalized spacial score (nSPS) is 11.7. The Balaban J connectivity index is 1.94. The second-order valence-corrected chi connectivity index (χ2v) is 5.70. The predicted octanol–water partition coefficient (Wildman–Crippen LogP) is 1.86. The van der Waals surface area contributed by atoms with Gasteiger partial charge in [0.2, 0.25) is 0 Å². The number of H-pyrrole nitrogens is 1. The number of rotatable bonds is 5. The van der Waals surface area contributed by atoms with Gasteiger partial charge in [-0.15, -0.1) is 0 Å². The van der Waals surface area contributed by atoms with Crippen molar-refractivity contribution in [1.29, 1.82) is 0 Å². The molecule has 2 aromatic rings. The molecular formula is C17H20N4O4. The number of benzene rings is 1. The first-order valence-corrected chi connectivity index (χ1v) is 7.80. The molecule has 0 unspecified atom stereocenters. The van der Waals surface area contributed by atoms with E-state index >= 15 is 0 Å². The third kappa shape index (κ3) is 5.17. The van der Waals surface area contributed by atoms with Crippen LogP contribution in [0.3, 0.4) is 0 Å². The molecule has 0 aliphatic heterocycles. The van der Waals surface area contributed by atoms with E-state index in [9.17, 15) is 14.4 Å². The number of imide groups is 1. The van der Waals surface area contributed by atoms with Gasteiger partial charge in [0.05, 0.1) is 5.69 Å². The molecule has 0 bridgehead atoms. The molecule has 132 valence electrons. The molecule has 8 heteroatoms. The Morgan fingerprint density at radius 1 is 1.12 bits per heavy atom. The largest absolute Gasteiger partial charge is 0.448 e. The Hall–Kier alpha value is -3.16. The molecule has 3 N–H and O–H groups in total. The van der Waals surface area contributed by atoms with Gasteiger partial charge in [0.25, 0.3) is 5.91 Å². The average Bonchev–Trinajstić information content (AvgIpc) is 3.04. The minimum absolute atomic E-state index is 0.116. The van der Waals surface area contributed by atoms with Crippen LogP contribution in [0.5, 0.6) is 0 Å². The van der Waals surface area contributed by atoms with Crippen LogP contribution in [0, 0.1) is 0 Å². The molecule has 0 radical (unpaired) electrons. The topological polar surface area (TPSA) is 113 Å². The molecule has 0 saturated carbocycles. The van der Waals surface area contributed by atoms with Gasteiger partial charge in [-0.1, -0.05) is 30.3 Å². The van der Waals surface area contributed by atoms with Crippen molar-refractivity contribution >= 4 is 17.9 Å². The first kappa shape index (κ1) is 18.2. The van der Waals surface area contributed by atoms with Crippen LogP contribution in [-0.4, -0.2) is 40.3 Å². The van der Waals surface area contributed by atoms with E-state index in [4.69, 9.17) is 4.74 Å². The summed E-state index contributed by atoms with van der Waals surface area (Å²) in [4.78, 5) is 35.4. The van der Waals surface area contributed by atoms with E-state index in [2.05, 4.69) is 20.8 Å². The summed E-state index contributed by atoms with van der Waals surface area (Å²) in [5.41, 5.74) is 1.54. The maximum Gasteiger partial charge on any atom is 0.357 e. The Bertz CT molecular complexity index is 755. The summed E-state index contributed by atoms with van der Waals surface area (Å²) in [5, 5.41) is 11.2. The zero-order chi connectivity index (χ0) is 18.4. The van der Waals surface area contributed by atoms with Gasteiger partial charge in [0.1, 0.15) is 5.69 Å². The number of urea groups is 1. The number of ether oxygens (including phenoxy) is 1. The Morgan fingerprint density at radius 2 is 1.80 bits per heavy atom. The van der Waals surface area contributed by atoms with Crippen molar-refractivity contribution in [2.24, 2.45) is 0 Å². The quantitative estimate of drug-likeness (QED) is 0.717. The molecule has 1 aromatic heterocycles. The number of aromatic amines is 1. The molecule has 1 atom stereocenters. The monoisotopic (exact) mass is 344 g/mol. The Kier molecular flexibility index (Phi) is 5.89. The van der Waals surface area contributed by atoms with Crippen molar-refractivity contribution in [3.8, 4) is 11.3 Å². The first-order chi connectivity index (χ1) is 11.9. The van der Waals surface area contributed by atoms with Crippen molar-refractivity contribution in [1.82, 2.24) is 20.8 Å². The summed E-state index contributed by atoms with van der Waals surface area (Å²) in [6.07, 6.45) is -1.13. The summed E-state index contributed by atoms with van der Waals surface area (Å²) < 4.78 is 5.05. The number of nitrogens with zero attached hydrogens (tertiary/aromatic N) is 1. The van der Waals surface area contributed by atoms with E-state index in [0.717, 1.165) is 5.56 Å². The summed E-state index contributed by atoms with van der Waals surface area (Å²) in [6.45, 7) is 4.90. The van der Waals surface area contributed by atoms with Crippen molar-refractivity contribution < 1.29 is 19.1 Å². The zero-order valence-electron chi connectivity index (χ0n) is 14.2. The van der Waals surface area contributed by atoms with Gasteiger partial charge < -0.3 is 10.1 Å². The molecule has 0 spiro atoms. The number of esters is 1. The molecule has 1 aromatic carbocycles. The fourth-order valence-electron chi connectivity index (χ4n) is 1.97. The van der Waals surface area contributed by atoms with Crippen LogP contribution in [0.15, 0.2) is 36.4 Å². The number of hydrogen-bond acceptors (Lipinski definition) is 5. The van der Waals surface area contributed by atoms with Crippen molar-refractivity contribution in [3.05, 3.63) is 42.1 Å². The highest BCUT2D eigenvalue weighted by molar-refractivity contribution is 5.98. The fourth-order valence-corrected chi connectivity index (χ4v) is 1.97. The van der Waals surface area contributed by atoms with Crippen LogP contribution in [0.4, 0.5) is 4.79 Å². The molecule has 1 heterocycles. The second-order valence-electron chi connectivity index (χ2n) is 5.70. The van der Waals surface area contributed by atoms with E-state index in [-0.39, 0.29) is 11.7 Å². The Morgan fingerprint density at radius 3 is 2.44 bits per heavy atom. The molecule has 0 fully saturated rings.